The smallest absolute Gasteiger partial charge is 0.324 e. The highest BCUT2D eigenvalue weighted by molar-refractivity contribution is 7.92. The number of anilines is 5. The minimum Gasteiger partial charge on any atom is -0.494 e. The summed E-state index contributed by atoms with van der Waals surface area (Å²) in [5, 5.41) is 5.77. The summed E-state index contributed by atoms with van der Waals surface area (Å²) < 4.78 is 31.3. The second kappa shape index (κ2) is 12.1. The Morgan fingerprint density at radius 2 is 1.90 bits per heavy atom. The predicted octanol–water partition coefficient (Wildman–Crippen LogP) is 4.40. The molecule has 2 amide bonds. The minimum absolute atomic E-state index is 0.0669. The number of benzene rings is 2. The van der Waals surface area contributed by atoms with Crippen LogP contribution >= 0.6 is 11.6 Å². The lowest BCUT2D eigenvalue weighted by Crippen LogP contribution is -2.33. The Kier molecular flexibility index (Phi) is 8.78. The summed E-state index contributed by atoms with van der Waals surface area (Å²) in [7, 11) is -2.02. The zero-order chi connectivity index (χ0) is 28.2. The van der Waals surface area contributed by atoms with E-state index < -0.39 is 15.1 Å². The molecule has 4 N–H and O–H groups in total. The maximum Gasteiger partial charge on any atom is 0.324 e. The Labute approximate surface area is 233 Å². The molecule has 2 heterocycles. The predicted molar refractivity (Wildman–Crippen MR) is 153 cm³/mol. The zero-order valence-electron chi connectivity index (χ0n) is 22.0. The number of ether oxygens (including phenoxy) is 1. The van der Waals surface area contributed by atoms with Gasteiger partial charge in [0.25, 0.3) is 0 Å². The molecule has 0 atom stereocenters. The van der Waals surface area contributed by atoms with Gasteiger partial charge in [-0.25, -0.2) is 18.2 Å². The van der Waals surface area contributed by atoms with Crippen molar-refractivity contribution in [1.29, 1.82) is 0 Å². The molecule has 1 aromatic heterocycles. The minimum atomic E-state index is -3.55. The Morgan fingerprint density at radius 3 is 2.62 bits per heavy atom. The lowest BCUT2D eigenvalue weighted by molar-refractivity contribution is 0.220. The van der Waals surface area contributed by atoms with Crippen molar-refractivity contribution < 1.29 is 17.9 Å². The highest BCUT2D eigenvalue weighted by Gasteiger charge is 2.29. The fraction of sp³-hybridized carbons (Fsp3) is 0.346. The molecule has 11 nitrogen and oxygen atoms in total. The van der Waals surface area contributed by atoms with Gasteiger partial charge < -0.3 is 26.0 Å². The van der Waals surface area contributed by atoms with Crippen LogP contribution in [0, 0.1) is 0 Å². The van der Waals surface area contributed by atoms with Gasteiger partial charge in [0.15, 0.2) is 15.7 Å². The number of hydrogen-bond acceptors (Lipinski definition) is 9. The van der Waals surface area contributed by atoms with Crippen molar-refractivity contribution in [3.05, 3.63) is 53.7 Å². The summed E-state index contributed by atoms with van der Waals surface area (Å²) in [6, 6.07) is 11.9. The van der Waals surface area contributed by atoms with E-state index >= 15 is 0 Å². The second-order valence-corrected chi connectivity index (χ2v) is 12.1. The summed E-state index contributed by atoms with van der Waals surface area (Å²) in [6.45, 7) is 5.62. The van der Waals surface area contributed by atoms with E-state index in [2.05, 4.69) is 20.6 Å². The number of rotatable bonds is 11. The molecule has 4 rings (SSSR count). The van der Waals surface area contributed by atoms with Crippen molar-refractivity contribution in [3.63, 3.8) is 0 Å². The molecule has 39 heavy (non-hydrogen) atoms. The van der Waals surface area contributed by atoms with E-state index in [1.165, 1.54) is 13.3 Å². The fourth-order valence-corrected chi connectivity index (χ4v) is 5.44. The van der Waals surface area contributed by atoms with E-state index in [1.54, 1.807) is 60.0 Å². The molecular formula is C26H32ClN7O4S. The first-order valence-electron chi connectivity index (χ1n) is 12.5. The van der Waals surface area contributed by atoms with Gasteiger partial charge in [0.1, 0.15) is 10.8 Å². The Hall–Kier alpha value is -3.61. The van der Waals surface area contributed by atoms with Gasteiger partial charge in [0, 0.05) is 31.4 Å². The average Bonchev–Trinajstić information content (AvgIpc) is 3.29. The first-order valence-corrected chi connectivity index (χ1v) is 14.4. The van der Waals surface area contributed by atoms with Gasteiger partial charge in [0.2, 0.25) is 5.95 Å². The number of amides is 2. The van der Waals surface area contributed by atoms with Gasteiger partial charge in [0.05, 0.1) is 34.8 Å². The molecule has 0 unspecified atom stereocenters. The molecule has 1 saturated heterocycles. The quantitative estimate of drug-likeness (QED) is 0.304. The van der Waals surface area contributed by atoms with Gasteiger partial charge in [-0.05, 0) is 51.1 Å². The standard InChI is InChI=1S/C26H32ClN7O4S/c1-17(2)39(36,37)23-8-5-4-7-21(23)30-24-19(27)16-29-25(32-24)31-20-10-9-18(15-22(20)38-3)34-14-13-33(26(34)35)12-6-11-28/h4-5,7-10,15-17H,6,11-14,28H2,1-3H3,(H2,29,30,31,32). The van der Waals surface area contributed by atoms with Crippen LogP contribution in [0.4, 0.5) is 33.6 Å². The fourth-order valence-electron chi connectivity index (χ4n) is 4.10. The third-order valence-corrected chi connectivity index (χ3v) is 8.77. The Bertz CT molecular complexity index is 1450. The van der Waals surface area contributed by atoms with Crippen molar-refractivity contribution >= 4 is 56.3 Å². The maximum absolute atomic E-state index is 12.8. The van der Waals surface area contributed by atoms with Crippen LogP contribution in [0.2, 0.25) is 5.02 Å². The first kappa shape index (κ1) is 28.4. The molecule has 208 valence electrons. The number of hydrogen-bond donors (Lipinski definition) is 3. The molecule has 1 aliphatic rings. The summed E-state index contributed by atoms with van der Waals surface area (Å²) >= 11 is 6.35. The van der Waals surface area contributed by atoms with Crippen LogP contribution in [0.3, 0.4) is 0 Å². The number of urea groups is 1. The third-order valence-electron chi connectivity index (χ3n) is 6.28. The van der Waals surface area contributed by atoms with Crippen molar-refractivity contribution in [1.82, 2.24) is 14.9 Å². The normalized spacial score (nSPS) is 13.7. The van der Waals surface area contributed by atoms with Crippen molar-refractivity contribution in [2.45, 2.75) is 30.4 Å². The molecular weight excluding hydrogens is 542 g/mol. The molecule has 3 aromatic rings. The average molecular weight is 574 g/mol. The molecule has 1 fully saturated rings. The third kappa shape index (κ3) is 6.18. The molecule has 1 aliphatic heterocycles. The van der Waals surface area contributed by atoms with Gasteiger partial charge in [-0.1, -0.05) is 23.7 Å². The lowest BCUT2D eigenvalue weighted by Gasteiger charge is -2.20. The first-order chi connectivity index (χ1) is 18.6. The molecule has 0 spiro atoms. The van der Waals surface area contributed by atoms with E-state index in [9.17, 15) is 13.2 Å². The van der Waals surface area contributed by atoms with Crippen molar-refractivity contribution in [3.8, 4) is 5.75 Å². The van der Waals surface area contributed by atoms with Crippen LogP contribution in [0.25, 0.3) is 0 Å². The lowest BCUT2D eigenvalue weighted by atomic mass is 10.2. The Balaban J connectivity index is 1.56. The van der Waals surface area contributed by atoms with Gasteiger partial charge >= 0.3 is 6.03 Å². The van der Waals surface area contributed by atoms with Crippen LogP contribution in [-0.4, -0.2) is 67.9 Å². The zero-order valence-corrected chi connectivity index (χ0v) is 23.6. The number of nitrogens with two attached hydrogens (primary N) is 1. The summed E-state index contributed by atoms with van der Waals surface area (Å²) in [5.74, 6) is 0.931. The SMILES string of the molecule is COc1cc(N2CCN(CCCN)C2=O)ccc1Nc1ncc(Cl)c(Nc2ccccc2S(=O)(=O)C(C)C)n1. The molecule has 13 heteroatoms. The van der Waals surface area contributed by atoms with Crippen LogP contribution < -0.4 is 26.0 Å². The molecule has 0 aliphatic carbocycles. The Morgan fingerprint density at radius 1 is 1.13 bits per heavy atom. The topological polar surface area (TPSA) is 143 Å². The maximum atomic E-state index is 12.8. The largest absolute Gasteiger partial charge is 0.494 e. The molecule has 0 saturated carbocycles. The van der Waals surface area contributed by atoms with Crippen LogP contribution in [0.15, 0.2) is 53.6 Å². The number of aromatic nitrogens is 2. The van der Waals surface area contributed by atoms with Gasteiger partial charge in [-0.15, -0.1) is 0 Å². The number of nitrogens with zero attached hydrogens (tertiary/aromatic N) is 4. The summed E-state index contributed by atoms with van der Waals surface area (Å²) in [5.41, 5.74) is 7.22. The number of carbonyl (C=O) groups is 1. The summed E-state index contributed by atoms with van der Waals surface area (Å²) in [4.78, 5) is 25.2. The highest BCUT2D eigenvalue weighted by atomic mass is 35.5. The van der Waals surface area contributed by atoms with E-state index in [0.717, 1.165) is 6.42 Å². The highest BCUT2D eigenvalue weighted by Crippen LogP contribution is 2.34. The number of methoxy groups -OCH3 is 1. The molecule has 0 radical (unpaired) electrons. The van der Waals surface area contributed by atoms with Gasteiger partial charge in [-0.2, -0.15) is 4.98 Å². The van der Waals surface area contributed by atoms with E-state index in [4.69, 9.17) is 22.1 Å². The van der Waals surface area contributed by atoms with Crippen LogP contribution in [0.5, 0.6) is 5.75 Å². The summed E-state index contributed by atoms with van der Waals surface area (Å²) in [6.07, 6.45) is 2.17. The molecule has 0 bridgehead atoms. The van der Waals surface area contributed by atoms with Crippen molar-refractivity contribution in [2.75, 3.05) is 48.8 Å². The van der Waals surface area contributed by atoms with E-state index in [1.807, 2.05) is 6.07 Å². The number of carbonyl (C=O) groups excluding carboxylic acids is 1. The monoisotopic (exact) mass is 573 g/mol. The van der Waals surface area contributed by atoms with E-state index in [-0.39, 0.29) is 27.7 Å². The number of para-hydroxylation sites is 1. The van der Waals surface area contributed by atoms with E-state index in [0.29, 0.717) is 49.0 Å². The van der Waals surface area contributed by atoms with Gasteiger partial charge in [-0.3, -0.25) is 4.90 Å². The number of nitrogens with one attached hydrogen (secondary N) is 2. The molecule has 2 aromatic carbocycles. The van der Waals surface area contributed by atoms with Crippen LogP contribution in [-0.2, 0) is 9.84 Å². The van der Waals surface area contributed by atoms with Crippen LogP contribution in [0.1, 0.15) is 20.3 Å². The number of halogens is 1. The second-order valence-electron chi connectivity index (χ2n) is 9.18. The number of sulfone groups is 1. The van der Waals surface area contributed by atoms with Crippen molar-refractivity contribution in [2.24, 2.45) is 5.73 Å².